The minimum absolute atomic E-state index is 0.0177. The fourth-order valence-electron chi connectivity index (χ4n) is 2.83. The molecule has 0 amide bonds. The molecule has 5 heteroatoms. The van der Waals surface area contributed by atoms with E-state index in [0.29, 0.717) is 0 Å². The number of esters is 1. The Kier molecular flexibility index (Phi) is 6.00. The third-order valence-electron chi connectivity index (χ3n) is 3.99. The lowest BCUT2D eigenvalue weighted by Crippen LogP contribution is -2.38. The maximum absolute atomic E-state index is 14.2. The first-order valence-electron chi connectivity index (χ1n) is 7.41. The molecule has 0 spiro atoms. The molecule has 0 radical (unpaired) electrons. The van der Waals surface area contributed by atoms with Gasteiger partial charge in [-0.1, -0.05) is 49.4 Å². The number of hydrogen-bond acceptors (Lipinski definition) is 3. The van der Waals surface area contributed by atoms with E-state index in [1.54, 1.807) is 12.1 Å². The zero-order valence-electron chi connectivity index (χ0n) is 12.2. The highest BCUT2D eigenvalue weighted by molar-refractivity contribution is 6.30. The molecule has 116 valence electrons. The standard InChI is InChI=1S/C16H21ClFNO2/c1-21-16(20)15(12-9-6-10-13(17)14(12)18)19-11-7-4-2-3-5-8-11/h6,9-11,15,19H,2-5,7-8H2,1H3. The van der Waals surface area contributed by atoms with Crippen molar-refractivity contribution in [3.05, 3.63) is 34.6 Å². The normalized spacial score (nSPS) is 18.0. The van der Waals surface area contributed by atoms with Gasteiger partial charge in [0.25, 0.3) is 0 Å². The molecule has 21 heavy (non-hydrogen) atoms. The van der Waals surface area contributed by atoms with Crippen molar-refractivity contribution in [2.75, 3.05) is 7.11 Å². The Hall–Kier alpha value is -1.13. The summed E-state index contributed by atoms with van der Waals surface area (Å²) < 4.78 is 19.0. The first-order chi connectivity index (χ1) is 10.1. The number of carbonyl (C=O) groups excluding carboxylic acids is 1. The van der Waals surface area contributed by atoms with Gasteiger partial charge in [0, 0.05) is 11.6 Å². The second-order valence-electron chi connectivity index (χ2n) is 5.45. The van der Waals surface area contributed by atoms with Crippen LogP contribution in [0.15, 0.2) is 18.2 Å². The van der Waals surface area contributed by atoms with Crippen LogP contribution in [-0.4, -0.2) is 19.1 Å². The van der Waals surface area contributed by atoms with E-state index in [9.17, 15) is 9.18 Å². The summed E-state index contributed by atoms with van der Waals surface area (Å²) in [6.07, 6.45) is 6.68. The van der Waals surface area contributed by atoms with Crippen LogP contribution in [0, 0.1) is 5.82 Å². The number of halogens is 2. The summed E-state index contributed by atoms with van der Waals surface area (Å²) >= 11 is 5.82. The highest BCUT2D eigenvalue weighted by Crippen LogP contribution is 2.26. The van der Waals surface area contributed by atoms with Crippen molar-refractivity contribution in [2.24, 2.45) is 0 Å². The molecule has 2 rings (SSSR count). The molecule has 1 fully saturated rings. The van der Waals surface area contributed by atoms with E-state index in [1.165, 1.54) is 26.0 Å². The van der Waals surface area contributed by atoms with Gasteiger partial charge >= 0.3 is 5.97 Å². The average molecular weight is 314 g/mol. The monoisotopic (exact) mass is 313 g/mol. The van der Waals surface area contributed by atoms with Gasteiger partial charge in [-0.2, -0.15) is 0 Å². The van der Waals surface area contributed by atoms with Crippen molar-refractivity contribution in [3.63, 3.8) is 0 Å². The summed E-state index contributed by atoms with van der Waals surface area (Å²) in [6, 6.07) is 4.09. The van der Waals surface area contributed by atoms with Gasteiger partial charge < -0.3 is 4.74 Å². The Balaban J connectivity index is 2.21. The van der Waals surface area contributed by atoms with Gasteiger partial charge in [-0.15, -0.1) is 0 Å². The molecule has 3 nitrogen and oxygen atoms in total. The fourth-order valence-corrected chi connectivity index (χ4v) is 3.01. The molecular weight excluding hydrogens is 293 g/mol. The molecule has 1 N–H and O–H groups in total. The topological polar surface area (TPSA) is 38.3 Å². The van der Waals surface area contributed by atoms with Gasteiger partial charge in [0.05, 0.1) is 12.1 Å². The van der Waals surface area contributed by atoms with Gasteiger partial charge in [-0.3, -0.25) is 5.32 Å². The largest absolute Gasteiger partial charge is 0.468 e. The van der Waals surface area contributed by atoms with Crippen LogP contribution < -0.4 is 5.32 Å². The molecule has 0 heterocycles. The van der Waals surface area contributed by atoms with Crippen LogP contribution in [-0.2, 0) is 9.53 Å². The Bertz CT molecular complexity index is 487. The van der Waals surface area contributed by atoms with Gasteiger partial charge in [0.1, 0.15) is 11.9 Å². The molecule has 0 saturated heterocycles. The first kappa shape index (κ1) is 16.2. The average Bonchev–Trinajstić information content (AvgIpc) is 2.76. The van der Waals surface area contributed by atoms with E-state index in [0.717, 1.165) is 25.7 Å². The van der Waals surface area contributed by atoms with E-state index in [4.69, 9.17) is 16.3 Å². The van der Waals surface area contributed by atoms with Crippen LogP contribution in [0.4, 0.5) is 4.39 Å². The fraction of sp³-hybridized carbons (Fsp3) is 0.562. The maximum Gasteiger partial charge on any atom is 0.327 e. The van der Waals surface area contributed by atoms with Crippen LogP contribution in [0.2, 0.25) is 5.02 Å². The second kappa shape index (κ2) is 7.76. The Morgan fingerprint density at radius 2 is 2.00 bits per heavy atom. The van der Waals surface area contributed by atoms with Crippen LogP contribution in [0.5, 0.6) is 0 Å². The summed E-state index contributed by atoms with van der Waals surface area (Å²) in [6.45, 7) is 0. The SMILES string of the molecule is COC(=O)C(NC1CCCCCC1)c1cccc(Cl)c1F. The summed E-state index contributed by atoms with van der Waals surface area (Å²) in [7, 11) is 1.31. The lowest BCUT2D eigenvalue weighted by Gasteiger charge is -2.24. The van der Waals surface area contributed by atoms with Crippen LogP contribution in [0.25, 0.3) is 0 Å². The number of benzene rings is 1. The third-order valence-corrected chi connectivity index (χ3v) is 4.28. The molecule has 0 bridgehead atoms. The Morgan fingerprint density at radius 1 is 1.33 bits per heavy atom. The number of methoxy groups -OCH3 is 1. The molecule has 0 aliphatic heterocycles. The van der Waals surface area contributed by atoms with Crippen molar-refractivity contribution < 1.29 is 13.9 Å². The molecule has 1 aliphatic carbocycles. The van der Waals surface area contributed by atoms with E-state index in [1.807, 2.05) is 0 Å². The lowest BCUT2D eigenvalue weighted by atomic mass is 10.0. The molecule has 1 saturated carbocycles. The second-order valence-corrected chi connectivity index (χ2v) is 5.86. The Labute approximate surface area is 129 Å². The van der Waals surface area contributed by atoms with E-state index in [2.05, 4.69) is 5.32 Å². The molecule has 1 aromatic rings. The van der Waals surface area contributed by atoms with E-state index < -0.39 is 17.8 Å². The van der Waals surface area contributed by atoms with Crippen molar-refractivity contribution in [3.8, 4) is 0 Å². The smallest absolute Gasteiger partial charge is 0.327 e. The summed E-state index contributed by atoms with van der Waals surface area (Å²) in [4.78, 5) is 12.0. The van der Waals surface area contributed by atoms with Crippen LogP contribution in [0.1, 0.15) is 50.1 Å². The third kappa shape index (κ3) is 4.17. The number of rotatable bonds is 4. The summed E-state index contributed by atoms with van der Waals surface area (Å²) in [5, 5.41) is 3.28. The van der Waals surface area contributed by atoms with Crippen LogP contribution >= 0.6 is 11.6 Å². The molecule has 1 atom stereocenters. The van der Waals surface area contributed by atoms with E-state index >= 15 is 0 Å². The minimum atomic E-state index is -0.809. The number of ether oxygens (including phenoxy) is 1. The summed E-state index contributed by atoms with van der Waals surface area (Å²) in [5.41, 5.74) is 0.249. The van der Waals surface area contributed by atoms with Crippen molar-refractivity contribution in [1.29, 1.82) is 0 Å². The van der Waals surface area contributed by atoms with Crippen molar-refractivity contribution in [1.82, 2.24) is 5.32 Å². The Morgan fingerprint density at radius 3 is 2.62 bits per heavy atom. The lowest BCUT2D eigenvalue weighted by molar-refractivity contribution is -0.143. The van der Waals surface area contributed by atoms with Crippen molar-refractivity contribution >= 4 is 17.6 Å². The highest BCUT2D eigenvalue weighted by Gasteiger charge is 2.28. The predicted molar refractivity (Wildman–Crippen MR) is 80.8 cm³/mol. The molecular formula is C16H21ClFNO2. The molecule has 1 aromatic carbocycles. The van der Waals surface area contributed by atoms with Gasteiger partial charge in [-0.25, -0.2) is 9.18 Å². The molecule has 0 aromatic heterocycles. The number of carbonyl (C=O) groups is 1. The van der Waals surface area contributed by atoms with Gasteiger partial charge in [0.15, 0.2) is 0 Å². The van der Waals surface area contributed by atoms with E-state index in [-0.39, 0.29) is 16.6 Å². The predicted octanol–water partition coefficient (Wildman–Crippen LogP) is 4.01. The minimum Gasteiger partial charge on any atom is -0.468 e. The molecule has 1 aliphatic rings. The zero-order valence-corrected chi connectivity index (χ0v) is 13.0. The van der Waals surface area contributed by atoms with Crippen LogP contribution in [0.3, 0.4) is 0 Å². The maximum atomic E-state index is 14.2. The number of nitrogens with one attached hydrogen (secondary N) is 1. The summed E-state index contributed by atoms with van der Waals surface area (Å²) in [5.74, 6) is -1.05. The zero-order chi connectivity index (χ0) is 15.2. The van der Waals surface area contributed by atoms with Gasteiger partial charge in [-0.05, 0) is 18.9 Å². The highest BCUT2D eigenvalue weighted by atomic mass is 35.5. The quantitative estimate of drug-likeness (QED) is 0.674. The molecule has 1 unspecified atom stereocenters. The number of hydrogen-bond donors (Lipinski definition) is 1. The van der Waals surface area contributed by atoms with Crippen molar-refractivity contribution in [2.45, 2.75) is 50.6 Å². The van der Waals surface area contributed by atoms with Gasteiger partial charge in [0.2, 0.25) is 0 Å². The first-order valence-corrected chi connectivity index (χ1v) is 7.79.